The summed E-state index contributed by atoms with van der Waals surface area (Å²) < 4.78 is 0.859. The number of nitrogens with two attached hydrogens (primary N) is 1. The third-order valence-electron chi connectivity index (χ3n) is 3.84. The minimum atomic E-state index is -0.512. The first-order valence-corrected chi connectivity index (χ1v) is 7.09. The molecule has 0 saturated heterocycles. The Morgan fingerprint density at radius 3 is 2.59 bits per heavy atom. The van der Waals surface area contributed by atoms with Crippen LogP contribution in [0.2, 0.25) is 5.02 Å². The van der Waals surface area contributed by atoms with Gasteiger partial charge in [-0.2, -0.15) is 0 Å². The van der Waals surface area contributed by atoms with Crippen molar-refractivity contribution in [1.29, 1.82) is 0 Å². The summed E-state index contributed by atoms with van der Waals surface area (Å²) in [5.41, 5.74) is 6.62. The van der Waals surface area contributed by atoms with Gasteiger partial charge in [-0.1, -0.05) is 46.4 Å². The van der Waals surface area contributed by atoms with Crippen LogP contribution in [0.3, 0.4) is 0 Å². The summed E-state index contributed by atoms with van der Waals surface area (Å²) in [6.07, 6.45) is 3.79. The lowest BCUT2D eigenvalue weighted by Gasteiger charge is -2.33. The average Bonchev–Trinajstić information content (AvgIpc) is 2.78. The SMILES string of the molecule is NCC1(C(O)c2ccc(Cl)cc2Br)CCCC1. The normalized spacial score (nSPS) is 20.5. The van der Waals surface area contributed by atoms with Crippen LogP contribution in [0.4, 0.5) is 0 Å². The van der Waals surface area contributed by atoms with Gasteiger partial charge >= 0.3 is 0 Å². The second-order valence-electron chi connectivity index (χ2n) is 4.84. The number of hydrogen-bond donors (Lipinski definition) is 2. The van der Waals surface area contributed by atoms with Gasteiger partial charge in [0.25, 0.3) is 0 Å². The highest BCUT2D eigenvalue weighted by atomic mass is 79.9. The summed E-state index contributed by atoms with van der Waals surface area (Å²) in [5, 5.41) is 11.3. The summed E-state index contributed by atoms with van der Waals surface area (Å²) >= 11 is 9.38. The first kappa shape index (κ1) is 13.3. The fraction of sp³-hybridized carbons (Fsp3) is 0.538. The van der Waals surface area contributed by atoms with Crippen LogP contribution >= 0.6 is 27.5 Å². The number of aliphatic hydroxyl groups excluding tert-OH is 1. The molecule has 1 unspecified atom stereocenters. The molecule has 1 aliphatic carbocycles. The van der Waals surface area contributed by atoms with E-state index in [-0.39, 0.29) is 5.41 Å². The Labute approximate surface area is 115 Å². The molecule has 0 amide bonds. The van der Waals surface area contributed by atoms with Crippen molar-refractivity contribution in [2.75, 3.05) is 6.54 Å². The monoisotopic (exact) mass is 317 g/mol. The van der Waals surface area contributed by atoms with Crippen LogP contribution in [0.1, 0.15) is 37.4 Å². The van der Waals surface area contributed by atoms with Gasteiger partial charge in [-0.05, 0) is 30.5 Å². The van der Waals surface area contributed by atoms with Crippen molar-refractivity contribution in [1.82, 2.24) is 0 Å². The quantitative estimate of drug-likeness (QED) is 0.893. The maximum absolute atomic E-state index is 10.6. The van der Waals surface area contributed by atoms with Crippen molar-refractivity contribution in [2.45, 2.75) is 31.8 Å². The molecule has 2 nitrogen and oxygen atoms in total. The maximum atomic E-state index is 10.6. The smallest absolute Gasteiger partial charge is 0.0869 e. The van der Waals surface area contributed by atoms with Crippen LogP contribution in [0.15, 0.2) is 22.7 Å². The number of aliphatic hydroxyl groups is 1. The lowest BCUT2D eigenvalue weighted by atomic mass is 9.77. The first-order chi connectivity index (χ1) is 8.09. The molecule has 0 aliphatic heterocycles. The lowest BCUT2D eigenvalue weighted by molar-refractivity contribution is 0.0328. The van der Waals surface area contributed by atoms with Gasteiger partial charge in [-0.25, -0.2) is 0 Å². The summed E-state index contributed by atoms with van der Waals surface area (Å²) in [4.78, 5) is 0. The van der Waals surface area contributed by atoms with Gasteiger partial charge in [0.1, 0.15) is 0 Å². The molecule has 0 bridgehead atoms. The third kappa shape index (κ3) is 2.53. The third-order valence-corrected chi connectivity index (χ3v) is 4.76. The van der Waals surface area contributed by atoms with Gasteiger partial charge in [0, 0.05) is 21.5 Å². The topological polar surface area (TPSA) is 46.2 Å². The Bertz CT molecular complexity index is 404. The maximum Gasteiger partial charge on any atom is 0.0869 e. The molecule has 0 aromatic heterocycles. The molecule has 1 aromatic rings. The van der Waals surface area contributed by atoms with Crippen LogP contribution in [-0.2, 0) is 0 Å². The Morgan fingerprint density at radius 2 is 2.06 bits per heavy atom. The number of benzene rings is 1. The van der Waals surface area contributed by atoms with Gasteiger partial charge in [0.05, 0.1) is 6.10 Å². The van der Waals surface area contributed by atoms with E-state index < -0.39 is 6.10 Å². The molecule has 1 aromatic carbocycles. The van der Waals surface area contributed by atoms with Crippen molar-refractivity contribution in [3.05, 3.63) is 33.3 Å². The molecule has 1 aliphatic rings. The van der Waals surface area contributed by atoms with E-state index in [0.29, 0.717) is 11.6 Å². The summed E-state index contributed by atoms with van der Waals surface area (Å²) in [5.74, 6) is 0. The molecule has 1 saturated carbocycles. The van der Waals surface area contributed by atoms with Crippen LogP contribution in [0.25, 0.3) is 0 Å². The van der Waals surface area contributed by atoms with Crippen LogP contribution in [0, 0.1) is 5.41 Å². The largest absolute Gasteiger partial charge is 0.388 e. The second kappa shape index (κ2) is 5.27. The van der Waals surface area contributed by atoms with E-state index in [2.05, 4.69) is 15.9 Å². The van der Waals surface area contributed by atoms with E-state index in [1.54, 1.807) is 0 Å². The van der Waals surface area contributed by atoms with E-state index in [0.717, 1.165) is 35.7 Å². The first-order valence-electron chi connectivity index (χ1n) is 5.92. The highest BCUT2D eigenvalue weighted by Crippen LogP contribution is 2.48. The Balaban J connectivity index is 2.32. The summed E-state index contributed by atoms with van der Waals surface area (Å²) in [6, 6.07) is 5.51. The van der Waals surface area contributed by atoms with Gasteiger partial charge in [0.2, 0.25) is 0 Å². The van der Waals surface area contributed by atoms with Crippen molar-refractivity contribution in [2.24, 2.45) is 11.1 Å². The summed E-state index contributed by atoms with van der Waals surface area (Å²) in [6.45, 7) is 0.531. The minimum absolute atomic E-state index is 0.156. The fourth-order valence-electron chi connectivity index (χ4n) is 2.72. The molecule has 0 heterocycles. The number of rotatable bonds is 3. The number of hydrogen-bond acceptors (Lipinski definition) is 2. The predicted octanol–water partition coefficient (Wildman–Crippen LogP) is 3.66. The van der Waals surface area contributed by atoms with Gasteiger partial charge < -0.3 is 10.8 Å². The highest BCUT2D eigenvalue weighted by Gasteiger charge is 2.40. The zero-order valence-electron chi connectivity index (χ0n) is 9.63. The van der Waals surface area contributed by atoms with Crippen LogP contribution in [0.5, 0.6) is 0 Å². The zero-order chi connectivity index (χ0) is 12.5. The van der Waals surface area contributed by atoms with Crippen molar-refractivity contribution in [3.63, 3.8) is 0 Å². The molecule has 2 rings (SSSR count). The van der Waals surface area contributed by atoms with Crippen LogP contribution in [-0.4, -0.2) is 11.7 Å². The predicted molar refractivity (Wildman–Crippen MR) is 74.1 cm³/mol. The van der Waals surface area contributed by atoms with Crippen molar-refractivity contribution >= 4 is 27.5 Å². The molecule has 3 N–H and O–H groups in total. The highest BCUT2D eigenvalue weighted by molar-refractivity contribution is 9.10. The van der Waals surface area contributed by atoms with Crippen LogP contribution < -0.4 is 5.73 Å². The molecular formula is C13H17BrClNO. The molecule has 94 valence electrons. The van der Waals surface area contributed by atoms with Gasteiger partial charge in [-0.3, -0.25) is 0 Å². The van der Waals surface area contributed by atoms with Gasteiger partial charge in [-0.15, -0.1) is 0 Å². The van der Waals surface area contributed by atoms with Crippen molar-refractivity contribution < 1.29 is 5.11 Å². The molecule has 1 fully saturated rings. The zero-order valence-corrected chi connectivity index (χ0v) is 12.0. The van der Waals surface area contributed by atoms with E-state index in [1.165, 1.54) is 0 Å². The molecular weight excluding hydrogens is 302 g/mol. The number of halogens is 2. The molecule has 0 radical (unpaired) electrons. The fourth-order valence-corrected chi connectivity index (χ4v) is 3.62. The van der Waals surface area contributed by atoms with Gasteiger partial charge in [0.15, 0.2) is 0 Å². The molecule has 4 heteroatoms. The Morgan fingerprint density at radius 1 is 1.41 bits per heavy atom. The van der Waals surface area contributed by atoms with Crippen molar-refractivity contribution in [3.8, 4) is 0 Å². The van der Waals surface area contributed by atoms with E-state index in [9.17, 15) is 5.11 Å². The Hall–Kier alpha value is -0.0900. The Kier molecular flexibility index (Phi) is 4.14. The average molecular weight is 319 g/mol. The molecule has 1 atom stereocenters. The molecule has 17 heavy (non-hydrogen) atoms. The van der Waals surface area contributed by atoms with E-state index in [1.807, 2.05) is 18.2 Å². The lowest BCUT2D eigenvalue weighted by Crippen LogP contribution is -2.34. The van der Waals surface area contributed by atoms with E-state index >= 15 is 0 Å². The summed E-state index contributed by atoms with van der Waals surface area (Å²) in [7, 11) is 0. The minimum Gasteiger partial charge on any atom is -0.388 e. The molecule has 0 spiro atoms. The second-order valence-corrected chi connectivity index (χ2v) is 6.13. The van der Waals surface area contributed by atoms with E-state index in [4.69, 9.17) is 17.3 Å². The standard InChI is InChI=1S/C13H17BrClNO/c14-11-7-9(15)3-4-10(11)12(17)13(8-16)5-1-2-6-13/h3-4,7,12,17H,1-2,5-6,8,16H2.